The molecule has 0 fully saturated rings. The van der Waals surface area contributed by atoms with E-state index in [0.29, 0.717) is 22.9 Å². The van der Waals surface area contributed by atoms with Crippen molar-refractivity contribution in [3.05, 3.63) is 82.1 Å². The van der Waals surface area contributed by atoms with Crippen LogP contribution in [-0.2, 0) is 24.2 Å². The van der Waals surface area contributed by atoms with Crippen molar-refractivity contribution in [2.45, 2.75) is 45.6 Å². The molecule has 0 saturated heterocycles. The lowest BCUT2D eigenvalue weighted by Gasteiger charge is -2.12. The van der Waals surface area contributed by atoms with E-state index < -0.39 is 5.91 Å². The van der Waals surface area contributed by atoms with Gasteiger partial charge >= 0.3 is 5.97 Å². The third kappa shape index (κ3) is 5.10. The standard InChI is InChI=1S/C28H27NO5S/c1-2-15-32-28(31)25-22-9-5-6-10-24(22)35-27(25)29-26(30)23-14-13-21(34-23)17-33-20-12-11-18-7-3-4-8-19(18)16-20/h3-4,7-8,11-14,16H,2,5-6,9-10,15,17H2,1H3,(H,29,30). The number of ether oxygens (including phenoxy) is 2. The monoisotopic (exact) mass is 489 g/mol. The van der Waals surface area contributed by atoms with Crippen molar-refractivity contribution >= 4 is 39.0 Å². The lowest BCUT2D eigenvalue weighted by Crippen LogP contribution is -2.15. The zero-order valence-corrected chi connectivity index (χ0v) is 20.4. The number of esters is 1. The molecule has 5 rings (SSSR count). The highest BCUT2D eigenvalue weighted by Gasteiger charge is 2.28. The summed E-state index contributed by atoms with van der Waals surface area (Å²) in [4.78, 5) is 26.9. The highest BCUT2D eigenvalue weighted by Crippen LogP contribution is 2.39. The number of anilines is 1. The van der Waals surface area contributed by atoms with Gasteiger partial charge in [-0.15, -0.1) is 11.3 Å². The van der Waals surface area contributed by atoms with Gasteiger partial charge in [-0.05, 0) is 72.7 Å². The lowest BCUT2D eigenvalue weighted by molar-refractivity contribution is 0.0505. The average molecular weight is 490 g/mol. The number of fused-ring (bicyclic) bond motifs is 2. The van der Waals surface area contributed by atoms with Crippen LogP contribution in [0, 0.1) is 0 Å². The fraction of sp³-hybridized carbons (Fsp3) is 0.286. The zero-order chi connectivity index (χ0) is 24.2. The summed E-state index contributed by atoms with van der Waals surface area (Å²) in [5.74, 6) is 0.666. The number of aryl methyl sites for hydroxylation is 1. The van der Waals surface area contributed by atoms with Gasteiger partial charge in [0.05, 0.1) is 12.2 Å². The summed E-state index contributed by atoms with van der Waals surface area (Å²) in [5.41, 5.74) is 1.51. The second kappa shape index (κ2) is 10.4. The van der Waals surface area contributed by atoms with E-state index in [1.54, 1.807) is 12.1 Å². The van der Waals surface area contributed by atoms with Crippen molar-refractivity contribution in [2.75, 3.05) is 11.9 Å². The van der Waals surface area contributed by atoms with Crippen molar-refractivity contribution in [3.8, 4) is 5.75 Å². The first-order valence-electron chi connectivity index (χ1n) is 12.0. The molecule has 0 saturated carbocycles. The SMILES string of the molecule is CCCOC(=O)c1c(NC(=O)c2ccc(COc3ccc4ccccc4c3)o2)sc2c1CCCC2. The Kier molecular flexibility index (Phi) is 6.86. The van der Waals surface area contributed by atoms with Crippen LogP contribution in [-0.4, -0.2) is 18.5 Å². The van der Waals surface area contributed by atoms with E-state index in [2.05, 4.69) is 11.4 Å². The topological polar surface area (TPSA) is 77.8 Å². The number of carbonyl (C=O) groups excluding carboxylic acids is 2. The van der Waals surface area contributed by atoms with E-state index in [-0.39, 0.29) is 18.3 Å². The Bertz CT molecular complexity index is 1370. The maximum absolute atomic E-state index is 13.0. The van der Waals surface area contributed by atoms with Gasteiger partial charge in [-0.1, -0.05) is 37.3 Å². The summed E-state index contributed by atoms with van der Waals surface area (Å²) in [6.07, 6.45) is 4.61. The molecular formula is C28H27NO5S. The van der Waals surface area contributed by atoms with Crippen molar-refractivity contribution in [1.29, 1.82) is 0 Å². The van der Waals surface area contributed by atoms with Gasteiger partial charge in [0.25, 0.3) is 5.91 Å². The van der Waals surface area contributed by atoms with E-state index in [4.69, 9.17) is 13.9 Å². The van der Waals surface area contributed by atoms with Crippen molar-refractivity contribution in [2.24, 2.45) is 0 Å². The molecule has 1 N–H and O–H groups in total. The molecule has 0 spiro atoms. The predicted octanol–water partition coefficient (Wildman–Crippen LogP) is 6.77. The number of hydrogen-bond acceptors (Lipinski definition) is 6. The van der Waals surface area contributed by atoms with E-state index >= 15 is 0 Å². The Morgan fingerprint density at radius 3 is 2.71 bits per heavy atom. The first kappa shape index (κ1) is 23.2. The average Bonchev–Trinajstić information content (AvgIpc) is 3.50. The normalized spacial score (nSPS) is 12.8. The van der Waals surface area contributed by atoms with Gasteiger partial charge in [0.1, 0.15) is 23.1 Å². The van der Waals surface area contributed by atoms with Crippen molar-refractivity contribution in [1.82, 2.24) is 0 Å². The molecule has 0 radical (unpaired) electrons. The molecule has 0 aliphatic heterocycles. The van der Waals surface area contributed by atoms with Crippen molar-refractivity contribution in [3.63, 3.8) is 0 Å². The number of amides is 1. The van der Waals surface area contributed by atoms with E-state index in [0.717, 1.165) is 59.1 Å². The smallest absolute Gasteiger partial charge is 0.341 e. The lowest BCUT2D eigenvalue weighted by atomic mass is 9.95. The molecule has 2 aromatic heterocycles. The molecule has 7 heteroatoms. The second-order valence-electron chi connectivity index (χ2n) is 8.57. The Hall–Kier alpha value is -3.58. The summed E-state index contributed by atoms with van der Waals surface area (Å²) in [6, 6.07) is 17.3. The minimum absolute atomic E-state index is 0.168. The fourth-order valence-electron chi connectivity index (χ4n) is 4.29. The van der Waals surface area contributed by atoms with Crippen LogP contribution < -0.4 is 10.1 Å². The predicted molar refractivity (Wildman–Crippen MR) is 136 cm³/mol. The maximum atomic E-state index is 13.0. The Morgan fingerprint density at radius 2 is 1.86 bits per heavy atom. The second-order valence-corrected chi connectivity index (χ2v) is 9.67. The number of benzene rings is 2. The summed E-state index contributed by atoms with van der Waals surface area (Å²) in [6.45, 7) is 2.51. The molecule has 1 aliphatic carbocycles. The molecule has 0 bridgehead atoms. The first-order valence-corrected chi connectivity index (χ1v) is 12.8. The van der Waals surface area contributed by atoms with Gasteiger partial charge in [-0.3, -0.25) is 4.79 Å². The van der Waals surface area contributed by atoms with Crippen LogP contribution in [0.25, 0.3) is 10.8 Å². The zero-order valence-electron chi connectivity index (χ0n) is 19.6. The highest BCUT2D eigenvalue weighted by molar-refractivity contribution is 7.17. The summed E-state index contributed by atoms with van der Waals surface area (Å²) < 4.78 is 17.0. The van der Waals surface area contributed by atoms with Gasteiger partial charge in [0.2, 0.25) is 0 Å². The Labute approximate surface area is 207 Å². The van der Waals surface area contributed by atoms with E-state index in [9.17, 15) is 9.59 Å². The van der Waals surface area contributed by atoms with Crippen LogP contribution >= 0.6 is 11.3 Å². The molecule has 1 aliphatic rings. The third-order valence-corrected chi connectivity index (χ3v) is 7.23. The van der Waals surface area contributed by atoms with Crippen LogP contribution in [0.15, 0.2) is 59.0 Å². The van der Waals surface area contributed by atoms with Crippen LogP contribution in [0.4, 0.5) is 5.00 Å². The van der Waals surface area contributed by atoms with Gasteiger partial charge in [-0.2, -0.15) is 0 Å². The highest BCUT2D eigenvalue weighted by atomic mass is 32.1. The van der Waals surface area contributed by atoms with Crippen LogP contribution in [0.5, 0.6) is 5.75 Å². The maximum Gasteiger partial charge on any atom is 0.341 e. The number of thiophene rings is 1. The van der Waals surface area contributed by atoms with Gasteiger partial charge < -0.3 is 19.2 Å². The van der Waals surface area contributed by atoms with E-state index in [1.807, 2.05) is 43.3 Å². The van der Waals surface area contributed by atoms with Crippen LogP contribution in [0.1, 0.15) is 63.3 Å². The molecule has 35 heavy (non-hydrogen) atoms. The molecule has 4 aromatic rings. The molecule has 0 unspecified atom stereocenters. The first-order chi connectivity index (χ1) is 17.1. The molecule has 2 aromatic carbocycles. The fourth-order valence-corrected chi connectivity index (χ4v) is 5.56. The Balaban J connectivity index is 1.28. The number of carbonyl (C=O) groups is 2. The van der Waals surface area contributed by atoms with Gasteiger partial charge in [0, 0.05) is 4.88 Å². The molecular weight excluding hydrogens is 462 g/mol. The van der Waals surface area contributed by atoms with Crippen LogP contribution in [0.2, 0.25) is 0 Å². The summed E-state index contributed by atoms with van der Waals surface area (Å²) in [7, 11) is 0. The minimum atomic E-state index is -0.398. The summed E-state index contributed by atoms with van der Waals surface area (Å²) in [5, 5.41) is 5.67. The van der Waals surface area contributed by atoms with Gasteiger partial charge in [0.15, 0.2) is 5.76 Å². The molecule has 180 valence electrons. The van der Waals surface area contributed by atoms with Gasteiger partial charge in [-0.25, -0.2) is 4.79 Å². The van der Waals surface area contributed by atoms with Crippen molar-refractivity contribution < 1.29 is 23.5 Å². The minimum Gasteiger partial charge on any atom is -0.486 e. The summed E-state index contributed by atoms with van der Waals surface area (Å²) >= 11 is 1.46. The molecule has 0 atom stereocenters. The Morgan fingerprint density at radius 1 is 1.03 bits per heavy atom. The molecule has 6 nitrogen and oxygen atoms in total. The quantitative estimate of drug-likeness (QED) is 0.276. The number of rotatable bonds is 8. The third-order valence-electron chi connectivity index (χ3n) is 6.03. The van der Waals surface area contributed by atoms with E-state index in [1.165, 1.54) is 11.3 Å². The number of hydrogen-bond donors (Lipinski definition) is 1. The number of furan rings is 1. The molecule has 2 heterocycles. The largest absolute Gasteiger partial charge is 0.486 e. The number of nitrogens with one attached hydrogen (secondary N) is 1. The molecule has 1 amide bonds. The van der Waals surface area contributed by atoms with Crippen LogP contribution in [0.3, 0.4) is 0 Å².